The van der Waals surface area contributed by atoms with Gasteiger partial charge in [-0.05, 0) is 24.7 Å². The van der Waals surface area contributed by atoms with E-state index >= 15 is 0 Å². The molecule has 0 fully saturated rings. The van der Waals surface area contributed by atoms with Crippen LogP contribution in [-0.2, 0) is 9.53 Å². The molecule has 1 atom stereocenters. The number of hydrogen-bond acceptors (Lipinski definition) is 2. The van der Waals surface area contributed by atoms with Gasteiger partial charge in [-0.15, -0.1) is 0 Å². The molecule has 0 radical (unpaired) electrons. The molecule has 0 heterocycles. The van der Waals surface area contributed by atoms with Crippen LogP contribution in [0.15, 0.2) is 12.2 Å². The smallest absolute Gasteiger partial charge is 0.333 e. The van der Waals surface area contributed by atoms with Gasteiger partial charge in [0.25, 0.3) is 0 Å². The lowest BCUT2D eigenvalue weighted by Crippen LogP contribution is -2.10. The van der Waals surface area contributed by atoms with E-state index in [9.17, 15) is 4.79 Å². The van der Waals surface area contributed by atoms with E-state index in [0.717, 1.165) is 31.6 Å². The number of carbonyl (C=O) groups is 1. The monoisotopic (exact) mass is 254 g/mol. The van der Waals surface area contributed by atoms with Crippen LogP contribution in [0, 0.1) is 11.8 Å². The molecule has 0 N–H and O–H groups in total. The number of hydrogen-bond donors (Lipinski definition) is 0. The van der Waals surface area contributed by atoms with E-state index in [-0.39, 0.29) is 5.97 Å². The van der Waals surface area contributed by atoms with Crippen LogP contribution in [0.4, 0.5) is 0 Å². The first-order chi connectivity index (χ1) is 8.47. The van der Waals surface area contributed by atoms with Crippen LogP contribution >= 0.6 is 0 Å². The molecular weight excluding hydrogens is 224 g/mol. The lowest BCUT2D eigenvalue weighted by molar-refractivity contribution is -0.139. The molecule has 0 aliphatic carbocycles. The second-order valence-corrected chi connectivity index (χ2v) is 5.70. The van der Waals surface area contributed by atoms with Crippen molar-refractivity contribution in [2.24, 2.45) is 11.8 Å². The van der Waals surface area contributed by atoms with Crippen molar-refractivity contribution in [1.82, 2.24) is 0 Å². The predicted molar refractivity (Wildman–Crippen MR) is 77.5 cm³/mol. The third-order valence-corrected chi connectivity index (χ3v) is 3.24. The maximum absolute atomic E-state index is 11.6. The maximum Gasteiger partial charge on any atom is 0.333 e. The zero-order chi connectivity index (χ0) is 14.0. The molecule has 0 aromatic rings. The van der Waals surface area contributed by atoms with Crippen LogP contribution < -0.4 is 0 Å². The second kappa shape index (κ2) is 10.2. The topological polar surface area (TPSA) is 26.3 Å². The van der Waals surface area contributed by atoms with E-state index < -0.39 is 0 Å². The molecule has 1 unspecified atom stereocenters. The summed E-state index contributed by atoms with van der Waals surface area (Å²) in [5, 5.41) is 0. The van der Waals surface area contributed by atoms with Gasteiger partial charge in [0.2, 0.25) is 0 Å². The summed E-state index contributed by atoms with van der Waals surface area (Å²) in [6.07, 6.45) is 6.42. The molecule has 2 heteroatoms. The van der Waals surface area contributed by atoms with Crippen molar-refractivity contribution in [3.63, 3.8) is 0 Å². The number of esters is 1. The van der Waals surface area contributed by atoms with Gasteiger partial charge in [0.05, 0.1) is 6.61 Å². The highest BCUT2D eigenvalue weighted by molar-refractivity contribution is 5.87. The first-order valence-corrected chi connectivity index (χ1v) is 7.32. The second-order valence-electron chi connectivity index (χ2n) is 5.70. The van der Waals surface area contributed by atoms with Gasteiger partial charge in [0.15, 0.2) is 0 Å². The summed E-state index contributed by atoms with van der Waals surface area (Å²) in [6.45, 7) is 13.1. The van der Waals surface area contributed by atoms with Crippen molar-refractivity contribution in [2.75, 3.05) is 6.61 Å². The van der Waals surface area contributed by atoms with Crippen LogP contribution in [0.1, 0.15) is 66.2 Å². The maximum atomic E-state index is 11.6. The zero-order valence-corrected chi connectivity index (χ0v) is 12.6. The Labute approximate surface area is 113 Å². The molecule has 18 heavy (non-hydrogen) atoms. The van der Waals surface area contributed by atoms with Gasteiger partial charge in [-0.2, -0.15) is 0 Å². The van der Waals surface area contributed by atoms with Crippen molar-refractivity contribution >= 4 is 5.97 Å². The van der Waals surface area contributed by atoms with Crippen molar-refractivity contribution in [3.8, 4) is 0 Å². The SMILES string of the molecule is C=C(CC(C)CC)C(=O)OCCCCCC(C)C. The fraction of sp³-hybridized carbons (Fsp3) is 0.812. The number of carbonyl (C=O) groups excluding carboxylic acids is 1. The third kappa shape index (κ3) is 9.26. The highest BCUT2D eigenvalue weighted by Crippen LogP contribution is 2.14. The minimum Gasteiger partial charge on any atom is -0.462 e. The first-order valence-electron chi connectivity index (χ1n) is 7.32. The van der Waals surface area contributed by atoms with Crippen LogP contribution in [0.3, 0.4) is 0 Å². The molecule has 0 aliphatic heterocycles. The third-order valence-electron chi connectivity index (χ3n) is 3.24. The molecule has 0 saturated heterocycles. The minimum atomic E-state index is -0.209. The van der Waals surface area contributed by atoms with Gasteiger partial charge in [-0.1, -0.05) is 60.0 Å². The van der Waals surface area contributed by atoms with Gasteiger partial charge in [0.1, 0.15) is 0 Å². The van der Waals surface area contributed by atoms with Crippen molar-refractivity contribution in [3.05, 3.63) is 12.2 Å². The summed E-state index contributed by atoms with van der Waals surface area (Å²) in [5.74, 6) is 1.07. The van der Waals surface area contributed by atoms with Gasteiger partial charge < -0.3 is 4.74 Å². The Balaban J connectivity index is 3.55. The minimum absolute atomic E-state index is 0.209. The fourth-order valence-electron chi connectivity index (χ4n) is 1.75. The summed E-state index contributed by atoms with van der Waals surface area (Å²) in [6, 6.07) is 0. The van der Waals surface area contributed by atoms with Crippen molar-refractivity contribution < 1.29 is 9.53 Å². The molecule has 2 nitrogen and oxygen atoms in total. The van der Waals surface area contributed by atoms with E-state index in [2.05, 4.69) is 34.3 Å². The Bertz CT molecular complexity index is 243. The molecule has 106 valence electrons. The summed E-state index contributed by atoms with van der Waals surface area (Å²) in [4.78, 5) is 11.6. The molecule has 0 amide bonds. The highest BCUT2D eigenvalue weighted by atomic mass is 16.5. The Morgan fingerprint density at radius 1 is 1.17 bits per heavy atom. The van der Waals surface area contributed by atoms with E-state index in [4.69, 9.17) is 4.74 Å². The largest absolute Gasteiger partial charge is 0.462 e. The quantitative estimate of drug-likeness (QED) is 0.320. The molecule has 0 aromatic carbocycles. The molecule has 0 spiro atoms. The summed E-state index contributed by atoms with van der Waals surface area (Å²) >= 11 is 0. The fourth-order valence-corrected chi connectivity index (χ4v) is 1.75. The summed E-state index contributed by atoms with van der Waals surface area (Å²) < 4.78 is 5.22. The summed E-state index contributed by atoms with van der Waals surface area (Å²) in [5.41, 5.74) is 0.617. The lowest BCUT2D eigenvalue weighted by atomic mass is 10.00. The normalized spacial score (nSPS) is 12.5. The number of unbranched alkanes of at least 4 members (excludes halogenated alkanes) is 2. The molecular formula is C16H30O2. The standard InChI is InChI=1S/C16H30O2/c1-6-14(4)12-15(5)16(17)18-11-9-7-8-10-13(2)3/h13-14H,5-12H2,1-4H3. The zero-order valence-electron chi connectivity index (χ0n) is 12.6. The number of ether oxygens (including phenoxy) is 1. The van der Waals surface area contributed by atoms with Crippen LogP contribution in [0.5, 0.6) is 0 Å². The van der Waals surface area contributed by atoms with Gasteiger partial charge in [-0.3, -0.25) is 0 Å². The Hall–Kier alpha value is -0.790. The van der Waals surface area contributed by atoms with E-state index in [1.165, 1.54) is 12.8 Å². The molecule has 0 rings (SSSR count). The Kier molecular flexibility index (Phi) is 9.72. The van der Waals surface area contributed by atoms with E-state index in [0.29, 0.717) is 18.1 Å². The van der Waals surface area contributed by atoms with Crippen LogP contribution in [-0.4, -0.2) is 12.6 Å². The van der Waals surface area contributed by atoms with Crippen LogP contribution in [0.25, 0.3) is 0 Å². The average Bonchev–Trinajstić information content (AvgIpc) is 2.32. The highest BCUT2D eigenvalue weighted by Gasteiger charge is 2.11. The van der Waals surface area contributed by atoms with E-state index in [1.807, 2.05) is 0 Å². The molecule has 0 aliphatic rings. The molecule has 0 bridgehead atoms. The van der Waals surface area contributed by atoms with E-state index in [1.54, 1.807) is 0 Å². The molecule has 0 saturated carbocycles. The van der Waals surface area contributed by atoms with Gasteiger partial charge in [-0.25, -0.2) is 4.79 Å². The van der Waals surface area contributed by atoms with Crippen molar-refractivity contribution in [2.45, 2.75) is 66.2 Å². The van der Waals surface area contributed by atoms with Crippen LogP contribution in [0.2, 0.25) is 0 Å². The first kappa shape index (κ1) is 17.2. The molecule has 0 aromatic heterocycles. The lowest BCUT2D eigenvalue weighted by Gasteiger charge is -2.11. The van der Waals surface area contributed by atoms with Gasteiger partial charge in [0, 0.05) is 5.57 Å². The number of rotatable bonds is 10. The predicted octanol–water partition coefficient (Wildman–Crippen LogP) is 4.74. The van der Waals surface area contributed by atoms with Crippen molar-refractivity contribution in [1.29, 1.82) is 0 Å². The Morgan fingerprint density at radius 2 is 1.83 bits per heavy atom. The summed E-state index contributed by atoms with van der Waals surface area (Å²) in [7, 11) is 0. The van der Waals surface area contributed by atoms with Gasteiger partial charge >= 0.3 is 5.97 Å². The Morgan fingerprint density at radius 3 is 2.39 bits per heavy atom. The average molecular weight is 254 g/mol.